The monoisotopic (exact) mass is 260 g/mol. The van der Waals surface area contributed by atoms with E-state index in [-0.39, 0.29) is 18.4 Å². The molecule has 0 spiro atoms. The van der Waals surface area contributed by atoms with Gasteiger partial charge in [0.05, 0.1) is 12.0 Å². The van der Waals surface area contributed by atoms with Gasteiger partial charge in [-0.1, -0.05) is 30.3 Å². The Morgan fingerprint density at radius 1 is 1.26 bits per heavy atom. The third-order valence-corrected chi connectivity index (χ3v) is 3.58. The molecule has 0 aromatic heterocycles. The average Bonchev–Trinajstić information content (AvgIpc) is 2.63. The van der Waals surface area contributed by atoms with Crippen LogP contribution in [0, 0.1) is 0 Å². The molecule has 1 aromatic rings. The SMILES string of the molecule is CC(C)(C(=O)N1CCCNC(=O)C1)c1ccccc1. The highest BCUT2D eigenvalue weighted by molar-refractivity contribution is 5.91. The van der Waals surface area contributed by atoms with Gasteiger partial charge in [0.15, 0.2) is 0 Å². The summed E-state index contributed by atoms with van der Waals surface area (Å²) in [6.45, 7) is 5.26. The Kier molecular flexibility index (Phi) is 3.88. The fourth-order valence-electron chi connectivity index (χ4n) is 2.35. The van der Waals surface area contributed by atoms with Crippen molar-refractivity contribution in [1.82, 2.24) is 10.2 Å². The molecule has 0 radical (unpaired) electrons. The van der Waals surface area contributed by atoms with E-state index in [1.165, 1.54) is 0 Å². The zero-order valence-electron chi connectivity index (χ0n) is 11.5. The van der Waals surface area contributed by atoms with Crippen LogP contribution in [0.5, 0.6) is 0 Å². The van der Waals surface area contributed by atoms with Crippen molar-refractivity contribution in [1.29, 1.82) is 0 Å². The van der Waals surface area contributed by atoms with Crippen molar-refractivity contribution in [3.63, 3.8) is 0 Å². The van der Waals surface area contributed by atoms with Crippen LogP contribution in [0.25, 0.3) is 0 Å². The van der Waals surface area contributed by atoms with E-state index in [1.54, 1.807) is 4.90 Å². The molecule has 1 aromatic carbocycles. The summed E-state index contributed by atoms with van der Waals surface area (Å²) in [7, 11) is 0. The van der Waals surface area contributed by atoms with Crippen LogP contribution in [-0.2, 0) is 15.0 Å². The van der Waals surface area contributed by atoms with Crippen LogP contribution in [0.15, 0.2) is 30.3 Å². The largest absolute Gasteiger partial charge is 0.354 e. The number of carbonyl (C=O) groups excluding carboxylic acids is 2. The highest BCUT2D eigenvalue weighted by atomic mass is 16.2. The molecular weight excluding hydrogens is 240 g/mol. The molecule has 0 saturated carbocycles. The lowest BCUT2D eigenvalue weighted by molar-refractivity contribution is -0.139. The maximum absolute atomic E-state index is 12.7. The minimum Gasteiger partial charge on any atom is -0.354 e. The molecule has 1 fully saturated rings. The smallest absolute Gasteiger partial charge is 0.239 e. The summed E-state index contributed by atoms with van der Waals surface area (Å²) in [5, 5.41) is 2.79. The number of hydrogen-bond acceptors (Lipinski definition) is 2. The Morgan fingerprint density at radius 2 is 1.95 bits per heavy atom. The zero-order valence-corrected chi connectivity index (χ0v) is 11.5. The van der Waals surface area contributed by atoms with Crippen LogP contribution < -0.4 is 5.32 Å². The van der Waals surface area contributed by atoms with Gasteiger partial charge in [0.2, 0.25) is 11.8 Å². The normalized spacial score (nSPS) is 16.7. The maximum Gasteiger partial charge on any atom is 0.239 e. The molecule has 1 saturated heterocycles. The second-order valence-electron chi connectivity index (χ2n) is 5.42. The molecule has 4 heteroatoms. The lowest BCUT2D eigenvalue weighted by Crippen LogP contribution is -2.46. The topological polar surface area (TPSA) is 49.4 Å². The second-order valence-corrected chi connectivity index (χ2v) is 5.42. The van der Waals surface area contributed by atoms with Crippen LogP contribution in [-0.4, -0.2) is 36.3 Å². The van der Waals surface area contributed by atoms with Gasteiger partial charge in [0, 0.05) is 13.1 Å². The number of benzene rings is 1. The van der Waals surface area contributed by atoms with Gasteiger partial charge in [0.1, 0.15) is 0 Å². The van der Waals surface area contributed by atoms with Crippen molar-refractivity contribution in [2.24, 2.45) is 0 Å². The van der Waals surface area contributed by atoms with Gasteiger partial charge >= 0.3 is 0 Å². The summed E-state index contributed by atoms with van der Waals surface area (Å²) in [4.78, 5) is 25.9. The Balaban J connectivity index is 2.20. The molecule has 0 atom stereocenters. The molecule has 1 N–H and O–H groups in total. The van der Waals surface area contributed by atoms with Crippen molar-refractivity contribution in [3.8, 4) is 0 Å². The lowest BCUT2D eigenvalue weighted by Gasteiger charge is -2.31. The Hall–Kier alpha value is -1.84. The number of amides is 2. The van der Waals surface area contributed by atoms with Crippen molar-refractivity contribution in [3.05, 3.63) is 35.9 Å². The standard InChI is InChI=1S/C15H20N2O2/c1-15(2,12-7-4-3-5-8-12)14(19)17-10-6-9-16-13(18)11-17/h3-5,7-8H,6,9-11H2,1-2H3,(H,16,18). The van der Waals surface area contributed by atoms with Gasteiger partial charge < -0.3 is 10.2 Å². The van der Waals surface area contributed by atoms with Crippen molar-refractivity contribution < 1.29 is 9.59 Å². The molecule has 2 amide bonds. The van der Waals surface area contributed by atoms with Crippen LogP contribution in [0.2, 0.25) is 0 Å². The minimum absolute atomic E-state index is 0.00995. The third kappa shape index (κ3) is 2.95. The molecule has 102 valence electrons. The minimum atomic E-state index is -0.605. The van der Waals surface area contributed by atoms with Crippen LogP contribution >= 0.6 is 0 Å². The van der Waals surface area contributed by atoms with Crippen molar-refractivity contribution in [2.75, 3.05) is 19.6 Å². The second kappa shape index (κ2) is 5.43. The Bertz CT molecular complexity index is 468. The quantitative estimate of drug-likeness (QED) is 0.871. The number of nitrogens with zero attached hydrogens (tertiary/aromatic N) is 1. The molecule has 4 nitrogen and oxygen atoms in total. The summed E-state index contributed by atoms with van der Waals surface area (Å²) in [5.41, 5.74) is 0.371. The van der Waals surface area contributed by atoms with Crippen LogP contribution in [0.1, 0.15) is 25.8 Å². The Labute approximate surface area is 113 Å². The summed E-state index contributed by atoms with van der Waals surface area (Å²) < 4.78 is 0. The first-order valence-corrected chi connectivity index (χ1v) is 6.63. The summed E-state index contributed by atoms with van der Waals surface area (Å²) in [5.74, 6) is -0.0644. The van der Waals surface area contributed by atoms with Gasteiger partial charge in [-0.25, -0.2) is 0 Å². The van der Waals surface area contributed by atoms with E-state index in [0.717, 1.165) is 12.0 Å². The lowest BCUT2D eigenvalue weighted by atomic mass is 9.83. The predicted octanol–water partition coefficient (Wildman–Crippen LogP) is 1.31. The van der Waals surface area contributed by atoms with Crippen molar-refractivity contribution >= 4 is 11.8 Å². The molecule has 2 rings (SSSR count). The first kappa shape index (κ1) is 13.6. The van der Waals surface area contributed by atoms with E-state index in [9.17, 15) is 9.59 Å². The Morgan fingerprint density at radius 3 is 2.63 bits per heavy atom. The first-order chi connectivity index (χ1) is 9.01. The van der Waals surface area contributed by atoms with Gasteiger partial charge in [-0.05, 0) is 25.8 Å². The highest BCUT2D eigenvalue weighted by Gasteiger charge is 2.34. The van der Waals surface area contributed by atoms with E-state index in [1.807, 2.05) is 44.2 Å². The molecule has 0 bridgehead atoms. The van der Waals surface area contributed by atoms with E-state index in [4.69, 9.17) is 0 Å². The fraction of sp³-hybridized carbons (Fsp3) is 0.467. The molecule has 1 heterocycles. The number of hydrogen-bond donors (Lipinski definition) is 1. The van der Waals surface area contributed by atoms with Gasteiger partial charge in [-0.2, -0.15) is 0 Å². The molecule has 1 aliphatic rings. The van der Waals surface area contributed by atoms with E-state index in [0.29, 0.717) is 13.1 Å². The summed E-state index contributed by atoms with van der Waals surface area (Å²) in [6.07, 6.45) is 0.808. The third-order valence-electron chi connectivity index (χ3n) is 3.58. The van der Waals surface area contributed by atoms with E-state index in [2.05, 4.69) is 5.32 Å². The zero-order chi connectivity index (χ0) is 13.9. The van der Waals surface area contributed by atoms with E-state index < -0.39 is 5.41 Å². The molecule has 1 aliphatic heterocycles. The maximum atomic E-state index is 12.7. The van der Waals surface area contributed by atoms with Crippen LogP contribution in [0.4, 0.5) is 0 Å². The highest BCUT2D eigenvalue weighted by Crippen LogP contribution is 2.25. The average molecular weight is 260 g/mol. The predicted molar refractivity (Wildman–Crippen MR) is 73.7 cm³/mol. The number of nitrogens with one attached hydrogen (secondary N) is 1. The molecule has 19 heavy (non-hydrogen) atoms. The number of carbonyl (C=O) groups is 2. The molecular formula is C15H20N2O2. The van der Waals surface area contributed by atoms with E-state index >= 15 is 0 Å². The molecule has 0 aliphatic carbocycles. The summed E-state index contributed by atoms with van der Waals surface area (Å²) >= 11 is 0. The van der Waals surface area contributed by atoms with Crippen LogP contribution in [0.3, 0.4) is 0 Å². The van der Waals surface area contributed by atoms with Gasteiger partial charge in [-0.15, -0.1) is 0 Å². The summed E-state index contributed by atoms with van der Waals surface area (Å²) in [6, 6.07) is 9.70. The fourth-order valence-corrected chi connectivity index (χ4v) is 2.35. The first-order valence-electron chi connectivity index (χ1n) is 6.63. The molecule has 0 unspecified atom stereocenters. The van der Waals surface area contributed by atoms with Gasteiger partial charge in [0.25, 0.3) is 0 Å². The van der Waals surface area contributed by atoms with Gasteiger partial charge in [-0.3, -0.25) is 9.59 Å². The number of rotatable bonds is 2. The van der Waals surface area contributed by atoms with Crippen molar-refractivity contribution in [2.45, 2.75) is 25.7 Å².